The zero-order valence-electron chi connectivity index (χ0n) is 58.6. The molecule has 0 radical (unpaired) electrons. The average Bonchev–Trinajstić information content (AvgIpc) is 0.726. The van der Waals surface area contributed by atoms with Crippen LogP contribution in [-0.4, -0.2) is 40.3 Å². The summed E-state index contributed by atoms with van der Waals surface area (Å²) in [6, 6.07) is 108. The molecule has 19 aromatic carbocycles. The maximum atomic E-state index is 13.7. The van der Waals surface area contributed by atoms with Crippen LogP contribution >= 0.6 is 15.9 Å². The van der Waals surface area contributed by atoms with Crippen LogP contribution in [0.4, 0.5) is 0 Å². The molecule has 0 atom stereocenters. The molecule has 2 aliphatic carbocycles. The number of carbonyl (C=O) groups is 4. The Morgan fingerprint density at radius 1 is 0.215 bits per heavy atom. The van der Waals surface area contributed by atoms with Gasteiger partial charge >= 0.3 is 7.12 Å². The molecule has 0 spiro atoms. The van der Waals surface area contributed by atoms with Gasteiger partial charge in [-0.2, -0.15) is 0 Å². The summed E-state index contributed by atoms with van der Waals surface area (Å²) >= 11 is 3.50. The Labute approximate surface area is 625 Å². The first-order valence-electron chi connectivity index (χ1n) is 35.9. The SMILES string of the molecule is Cc1c2ccccc2c(-c2cc3c(c4ccccc24)C(=O)c2ccccc2C3=O)c2ccccc12.Cc1c2ccccc2c(-c2cc3cc4ccccc4cc3c3ccccc23)c2ccccc12.Cc1c2ccccc2c(B(O)O)c2ccccc12.O=C1c2ccccc2C(=O)c2c1cc(Br)c1ccccc21. The molecular weight excluding hydrogens is 1380 g/mol. The molecule has 0 amide bonds. The maximum Gasteiger partial charge on any atom is 0.489 e. The van der Waals surface area contributed by atoms with Crippen molar-refractivity contribution in [2.24, 2.45) is 0 Å². The molecule has 506 valence electrons. The quantitative estimate of drug-likeness (QED) is 0.104. The van der Waals surface area contributed by atoms with Gasteiger partial charge in [0, 0.05) is 49.0 Å². The normalized spacial score (nSPS) is 12.3. The second-order valence-corrected chi connectivity index (χ2v) is 28.6. The van der Waals surface area contributed by atoms with Crippen LogP contribution in [0.25, 0.3) is 141 Å². The van der Waals surface area contributed by atoms with Gasteiger partial charge in [-0.3, -0.25) is 19.2 Å². The second kappa shape index (κ2) is 26.7. The molecule has 0 saturated heterocycles. The first-order valence-corrected chi connectivity index (χ1v) is 36.7. The minimum absolute atomic E-state index is 0.0797. The minimum Gasteiger partial charge on any atom is -0.423 e. The van der Waals surface area contributed by atoms with Gasteiger partial charge in [0.2, 0.25) is 0 Å². The maximum absolute atomic E-state index is 13.7. The number of hydrogen-bond acceptors (Lipinski definition) is 6. The lowest BCUT2D eigenvalue weighted by Gasteiger charge is -2.23. The third-order valence-electron chi connectivity index (χ3n) is 22.0. The first-order chi connectivity index (χ1) is 52.3. The van der Waals surface area contributed by atoms with Gasteiger partial charge in [0.1, 0.15) is 0 Å². The Kier molecular flexibility index (Phi) is 16.5. The second-order valence-electron chi connectivity index (χ2n) is 27.7. The van der Waals surface area contributed by atoms with E-state index in [0.29, 0.717) is 50.0 Å². The van der Waals surface area contributed by atoms with E-state index in [1.54, 1.807) is 42.5 Å². The summed E-state index contributed by atoms with van der Waals surface area (Å²) in [5.74, 6) is -0.352. The van der Waals surface area contributed by atoms with E-state index in [2.05, 4.69) is 207 Å². The molecule has 0 aliphatic heterocycles. The number of hydrogen-bond donors (Lipinski definition) is 2. The fraction of sp³-hybridized carbons (Fsp3) is 0.0303. The zero-order valence-corrected chi connectivity index (χ0v) is 60.2. The highest BCUT2D eigenvalue weighted by atomic mass is 79.9. The van der Waals surface area contributed by atoms with Crippen molar-refractivity contribution in [1.29, 1.82) is 0 Å². The molecule has 6 nitrogen and oxygen atoms in total. The van der Waals surface area contributed by atoms with Crippen LogP contribution in [0, 0.1) is 20.8 Å². The number of fused-ring (bicyclic) bond motifs is 18. The van der Waals surface area contributed by atoms with Crippen LogP contribution in [-0.2, 0) is 0 Å². The average molecular weight is 1440 g/mol. The predicted octanol–water partition coefficient (Wildman–Crippen LogP) is 23.7. The third kappa shape index (κ3) is 10.9. The van der Waals surface area contributed by atoms with Gasteiger partial charge in [0.25, 0.3) is 0 Å². The van der Waals surface area contributed by atoms with Gasteiger partial charge in [-0.05, 0) is 214 Å². The summed E-state index contributed by atoms with van der Waals surface area (Å²) in [6.07, 6.45) is 0. The van der Waals surface area contributed by atoms with Crippen molar-refractivity contribution >= 4 is 170 Å². The predicted molar refractivity (Wildman–Crippen MR) is 448 cm³/mol. The molecule has 0 aromatic heterocycles. The Bertz CT molecular complexity index is 6900. The van der Waals surface area contributed by atoms with Crippen molar-refractivity contribution in [2.75, 3.05) is 0 Å². The zero-order chi connectivity index (χ0) is 72.9. The molecule has 0 fully saturated rings. The van der Waals surface area contributed by atoms with Crippen molar-refractivity contribution in [3.05, 3.63) is 387 Å². The van der Waals surface area contributed by atoms with Crippen molar-refractivity contribution in [1.82, 2.24) is 0 Å². The Morgan fingerprint density at radius 2 is 0.486 bits per heavy atom. The highest BCUT2D eigenvalue weighted by Crippen LogP contribution is 2.47. The van der Waals surface area contributed by atoms with Crippen LogP contribution in [0.3, 0.4) is 0 Å². The van der Waals surface area contributed by atoms with E-state index in [1.807, 2.05) is 109 Å². The standard InChI is InChI=1S/C33H20O2.C33H22.C18H9BrO2.C15H13BO2/c1-19-20-10-2-5-13-23(20)30(24-14-6-3-11-21(19)24)28-18-29-31(25-15-7-4-12-22(25)28)33(35)27-17-9-8-16-26(27)32(29)34;1-21-25-12-4-8-16-29(25)33(30-17-9-5-13-26(21)30)32-20-24-18-22-10-2-3-11-23(22)19-31(24)27-14-6-7-15-28(27)32;19-15-9-14-16(11-6-2-1-5-10(11)15)18(21)13-8-4-3-7-12(13)17(14)20;1-10-11-6-2-4-8-13(11)15(16(17)18)14-9-5-3-7-12(10)14/h2-18H,1H3;2-20H,1H3;1-9H;2-9,17-18H,1H3. The molecule has 2 aliphatic rings. The minimum atomic E-state index is -1.46. The van der Waals surface area contributed by atoms with Gasteiger partial charge in [-0.25, -0.2) is 0 Å². The van der Waals surface area contributed by atoms with E-state index in [4.69, 9.17) is 0 Å². The van der Waals surface area contributed by atoms with Crippen LogP contribution in [0.5, 0.6) is 0 Å². The molecular formula is C99H64BBrO6. The topological polar surface area (TPSA) is 109 Å². The number of ketones is 4. The molecule has 2 N–H and O–H groups in total. The Hall–Kier alpha value is -12.8. The largest absolute Gasteiger partial charge is 0.489 e. The lowest BCUT2D eigenvalue weighted by molar-refractivity contribution is 0.0980. The van der Waals surface area contributed by atoms with Crippen LogP contribution in [0.15, 0.2) is 326 Å². The van der Waals surface area contributed by atoms with E-state index in [9.17, 15) is 29.2 Å². The van der Waals surface area contributed by atoms with Crippen molar-refractivity contribution in [3.63, 3.8) is 0 Å². The summed E-state index contributed by atoms with van der Waals surface area (Å²) in [6.45, 7) is 6.48. The molecule has 8 heteroatoms. The monoisotopic (exact) mass is 1440 g/mol. The van der Waals surface area contributed by atoms with Crippen molar-refractivity contribution in [2.45, 2.75) is 20.8 Å². The molecule has 0 saturated carbocycles. The van der Waals surface area contributed by atoms with Gasteiger partial charge < -0.3 is 10.0 Å². The smallest absolute Gasteiger partial charge is 0.423 e. The van der Waals surface area contributed by atoms with Crippen molar-refractivity contribution < 1.29 is 29.2 Å². The van der Waals surface area contributed by atoms with Gasteiger partial charge in [-0.15, -0.1) is 0 Å². The molecule has 0 heterocycles. The first kappa shape index (κ1) is 66.2. The molecule has 107 heavy (non-hydrogen) atoms. The van der Waals surface area contributed by atoms with E-state index in [1.165, 1.54) is 92.5 Å². The van der Waals surface area contributed by atoms with Crippen molar-refractivity contribution in [3.8, 4) is 22.3 Å². The summed E-state index contributed by atoms with van der Waals surface area (Å²) in [4.78, 5) is 52.8. The Morgan fingerprint density at radius 3 is 0.888 bits per heavy atom. The third-order valence-corrected chi connectivity index (χ3v) is 22.6. The van der Waals surface area contributed by atoms with Crippen LogP contribution < -0.4 is 5.46 Å². The lowest BCUT2D eigenvalue weighted by atomic mass is 9.73. The summed E-state index contributed by atoms with van der Waals surface area (Å²) in [5.41, 5.74) is 13.0. The summed E-state index contributed by atoms with van der Waals surface area (Å²) < 4.78 is 0.831. The van der Waals surface area contributed by atoms with Gasteiger partial charge in [0.15, 0.2) is 23.1 Å². The molecule has 0 unspecified atom stereocenters. The van der Waals surface area contributed by atoms with Crippen LogP contribution in [0.2, 0.25) is 0 Å². The van der Waals surface area contributed by atoms with E-state index < -0.39 is 7.12 Å². The lowest BCUT2D eigenvalue weighted by Crippen LogP contribution is -2.31. The molecule has 0 bridgehead atoms. The van der Waals surface area contributed by atoms with E-state index in [-0.39, 0.29) is 23.1 Å². The number of rotatable bonds is 3. The van der Waals surface area contributed by atoms with E-state index >= 15 is 0 Å². The highest BCUT2D eigenvalue weighted by Gasteiger charge is 2.34. The highest BCUT2D eigenvalue weighted by molar-refractivity contribution is 9.10. The fourth-order valence-electron chi connectivity index (χ4n) is 17.0. The van der Waals surface area contributed by atoms with E-state index in [0.717, 1.165) is 69.5 Å². The number of benzene rings is 19. The van der Waals surface area contributed by atoms with Gasteiger partial charge in [0.05, 0.1) is 0 Å². The molecule has 19 aromatic rings. The fourth-order valence-corrected chi connectivity index (χ4v) is 17.6. The number of aryl methyl sites for hydroxylation is 3. The molecule has 21 rings (SSSR count). The summed E-state index contributed by atoms with van der Waals surface area (Å²) in [5, 5.41) is 44.6. The summed E-state index contributed by atoms with van der Waals surface area (Å²) in [7, 11) is -1.46. The van der Waals surface area contributed by atoms with Gasteiger partial charge in [-0.1, -0.05) is 307 Å². The number of carbonyl (C=O) groups excluding carboxylic acids is 4. The van der Waals surface area contributed by atoms with Crippen LogP contribution in [0.1, 0.15) is 80.4 Å². The number of halogens is 1. The Balaban J connectivity index is 0.000000104.